The van der Waals surface area contributed by atoms with Crippen LogP contribution in [0.4, 0.5) is 0 Å². The normalized spacial score (nSPS) is 18.6. The molecule has 0 amide bonds. The van der Waals surface area contributed by atoms with Crippen LogP contribution in [0.1, 0.15) is 19.3 Å². The molecule has 0 spiro atoms. The van der Waals surface area contributed by atoms with Gasteiger partial charge in [0.1, 0.15) is 0 Å². The maximum absolute atomic E-state index is 10.3. The molecule has 0 bridgehead atoms. The largest absolute Gasteiger partial charge is 0.548 e. The Hall–Kier alpha value is -1.09. The van der Waals surface area contributed by atoms with E-state index >= 15 is 0 Å². The van der Waals surface area contributed by atoms with Crippen LogP contribution < -0.4 is 10.8 Å². The van der Waals surface area contributed by atoms with E-state index in [0.717, 1.165) is 18.4 Å². The molecule has 0 radical (unpaired) electrons. The Bertz CT molecular complexity index is 231. The lowest BCUT2D eigenvalue weighted by Gasteiger charge is -2.15. The highest BCUT2D eigenvalue weighted by atomic mass is 16.4. The van der Waals surface area contributed by atoms with Gasteiger partial charge in [0.05, 0.1) is 5.97 Å². The molecule has 0 heterocycles. The van der Waals surface area contributed by atoms with Gasteiger partial charge in [0.2, 0.25) is 0 Å². The molecular formula is C9H12NO2-. The van der Waals surface area contributed by atoms with Gasteiger partial charge >= 0.3 is 0 Å². The molecule has 1 rings (SSSR count). The van der Waals surface area contributed by atoms with Crippen molar-refractivity contribution in [2.45, 2.75) is 25.3 Å². The van der Waals surface area contributed by atoms with Crippen molar-refractivity contribution in [2.24, 2.45) is 5.73 Å². The average molecular weight is 166 g/mol. The van der Waals surface area contributed by atoms with E-state index in [0.29, 0.717) is 6.42 Å². The summed E-state index contributed by atoms with van der Waals surface area (Å²) in [4.78, 5) is 10.3. The van der Waals surface area contributed by atoms with Crippen LogP contribution in [-0.4, -0.2) is 12.0 Å². The van der Waals surface area contributed by atoms with Crippen LogP contribution in [0.3, 0.4) is 0 Å². The summed E-state index contributed by atoms with van der Waals surface area (Å²) in [5, 5.41) is 10.3. The summed E-state index contributed by atoms with van der Waals surface area (Å²) in [5.41, 5.74) is 6.41. The smallest absolute Gasteiger partial charge is 0.0585 e. The number of carbonyl (C=O) groups is 1. The van der Waals surface area contributed by atoms with Crippen molar-refractivity contribution in [1.82, 2.24) is 0 Å². The highest BCUT2D eigenvalue weighted by Crippen LogP contribution is 2.15. The first kappa shape index (κ1) is 9.00. The topological polar surface area (TPSA) is 66.2 Å². The van der Waals surface area contributed by atoms with Crippen molar-refractivity contribution in [3.8, 4) is 0 Å². The standard InChI is InChI=1S/C9H13NO2/c10-8(9(11)12)6-7-4-2-1-3-5-7/h1-2,5,8H,3-4,6,10H2,(H,11,12)/p-1/t8-/m0/s1. The number of carbonyl (C=O) groups excluding carboxylic acids is 1. The van der Waals surface area contributed by atoms with Crippen molar-refractivity contribution >= 4 is 5.97 Å². The quantitative estimate of drug-likeness (QED) is 0.587. The van der Waals surface area contributed by atoms with Gasteiger partial charge in [0.15, 0.2) is 0 Å². The highest BCUT2D eigenvalue weighted by Gasteiger charge is 2.06. The third-order valence-electron chi connectivity index (χ3n) is 1.87. The van der Waals surface area contributed by atoms with Crippen LogP contribution in [-0.2, 0) is 4.79 Å². The lowest BCUT2D eigenvalue weighted by molar-refractivity contribution is -0.307. The highest BCUT2D eigenvalue weighted by molar-refractivity contribution is 5.71. The summed E-state index contributed by atoms with van der Waals surface area (Å²) in [6.45, 7) is 0. The van der Waals surface area contributed by atoms with Crippen LogP contribution in [0.25, 0.3) is 0 Å². The summed E-state index contributed by atoms with van der Waals surface area (Å²) in [5.74, 6) is -1.18. The van der Waals surface area contributed by atoms with E-state index < -0.39 is 12.0 Å². The van der Waals surface area contributed by atoms with Gasteiger partial charge in [-0.1, -0.05) is 23.8 Å². The summed E-state index contributed by atoms with van der Waals surface area (Å²) in [7, 11) is 0. The van der Waals surface area contributed by atoms with Gasteiger partial charge < -0.3 is 15.6 Å². The molecule has 3 nitrogen and oxygen atoms in total. The summed E-state index contributed by atoms with van der Waals surface area (Å²) in [6, 6.07) is -0.859. The van der Waals surface area contributed by atoms with E-state index in [1.807, 2.05) is 18.2 Å². The van der Waals surface area contributed by atoms with E-state index in [1.54, 1.807) is 0 Å². The number of carboxylic acids is 1. The molecule has 1 aliphatic carbocycles. The molecular weight excluding hydrogens is 154 g/mol. The van der Waals surface area contributed by atoms with Crippen molar-refractivity contribution in [1.29, 1.82) is 0 Å². The molecule has 0 aliphatic heterocycles. The van der Waals surface area contributed by atoms with E-state index in [9.17, 15) is 9.90 Å². The predicted octanol–water partition coefficient (Wildman–Crippen LogP) is -0.270. The third-order valence-corrected chi connectivity index (χ3v) is 1.87. The Labute approximate surface area is 71.6 Å². The predicted molar refractivity (Wildman–Crippen MR) is 44.1 cm³/mol. The molecule has 0 aromatic heterocycles. The van der Waals surface area contributed by atoms with Gasteiger partial charge in [-0.25, -0.2) is 0 Å². The van der Waals surface area contributed by atoms with Crippen LogP contribution in [0.15, 0.2) is 23.8 Å². The van der Waals surface area contributed by atoms with Crippen molar-refractivity contribution in [3.63, 3.8) is 0 Å². The van der Waals surface area contributed by atoms with E-state index in [1.165, 1.54) is 0 Å². The van der Waals surface area contributed by atoms with Gasteiger partial charge in [-0.3, -0.25) is 0 Å². The zero-order chi connectivity index (χ0) is 8.97. The van der Waals surface area contributed by atoms with Crippen LogP contribution >= 0.6 is 0 Å². The molecule has 0 saturated heterocycles. The first-order chi connectivity index (χ1) is 5.70. The lowest BCUT2D eigenvalue weighted by Crippen LogP contribution is -2.42. The maximum Gasteiger partial charge on any atom is 0.0585 e. The number of hydrogen-bond acceptors (Lipinski definition) is 3. The molecule has 0 aromatic rings. The minimum atomic E-state index is -1.18. The maximum atomic E-state index is 10.3. The number of aliphatic carboxylic acids is 1. The second-order valence-electron chi connectivity index (χ2n) is 2.90. The molecule has 1 atom stereocenters. The van der Waals surface area contributed by atoms with Crippen LogP contribution in [0.5, 0.6) is 0 Å². The second kappa shape index (κ2) is 4.07. The zero-order valence-electron chi connectivity index (χ0n) is 6.82. The zero-order valence-corrected chi connectivity index (χ0v) is 6.82. The van der Waals surface area contributed by atoms with Gasteiger partial charge in [0, 0.05) is 6.04 Å². The minimum absolute atomic E-state index is 0.409. The van der Waals surface area contributed by atoms with E-state index in [-0.39, 0.29) is 0 Å². The summed E-state index contributed by atoms with van der Waals surface area (Å²) < 4.78 is 0. The van der Waals surface area contributed by atoms with Crippen molar-refractivity contribution < 1.29 is 9.90 Å². The fraction of sp³-hybridized carbons (Fsp3) is 0.444. The molecule has 2 N–H and O–H groups in total. The Balaban J connectivity index is 2.40. The first-order valence-electron chi connectivity index (χ1n) is 3.99. The van der Waals surface area contributed by atoms with Crippen molar-refractivity contribution in [3.05, 3.63) is 23.8 Å². The number of carboxylic acid groups (broad SMARTS) is 1. The molecule has 12 heavy (non-hydrogen) atoms. The Morgan fingerprint density at radius 3 is 2.92 bits per heavy atom. The van der Waals surface area contributed by atoms with Crippen molar-refractivity contribution in [2.75, 3.05) is 0 Å². The minimum Gasteiger partial charge on any atom is -0.548 e. The lowest BCUT2D eigenvalue weighted by atomic mass is 9.99. The molecule has 0 aromatic carbocycles. The van der Waals surface area contributed by atoms with E-state index in [4.69, 9.17) is 5.73 Å². The third kappa shape index (κ3) is 2.51. The molecule has 1 aliphatic rings. The van der Waals surface area contributed by atoms with E-state index in [2.05, 4.69) is 0 Å². The first-order valence-corrected chi connectivity index (χ1v) is 3.99. The summed E-state index contributed by atoms with van der Waals surface area (Å²) >= 11 is 0. The molecule has 0 unspecified atom stereocenters. The molecule has 3 heteroatoms. The second-order valence-corrected chi connectivity index (χ2v) is 2.90. The fourth-order valence-electron chi connectivity index (χ4n) is 1.18. The molecule has 66 valence electrons. The SMILES string of the molecule is N[C@@H](CC1=CCC=CC1)C(=O)[O-]. The Kier molecular flexibility index (Phi) is 3.05. The Morgan fingerprint density at radius 1 is 1.67 bits per heavy atom. The van der Waals surface area contributed by atoms with Gasteiger partial charge in [0.25, 0.3) is 0 Å². The van der Waals surface area contributed by atoms with Crippen LogP contribution in [0.2, 0.25) is 0 Å². The van der Waals surface area contributed by atoms with Gasteiger partial charge in [-0.05, 0) is 19.3 Å². The average Bonchev–Trinajstić information content (AvgIpc) is 2.06. The number of allylic oxidation sites excluding steroid dienone is 3. The van der Waals surface area contributed by atoms with Crippen LogP contribution in [0, 0.1) is 0 Å². The number of hydrogen-bond donors (Lipinski definition) is 1. The number of rotatable bonds is 3. The van der Waals surface area contributed by atoms with Gasteiger partial charge in [-0.2, -0.15) is 0 Å². The summed E-state index contributed by atoms with van der Waals surface area (Å²) in [6.07, 6.45) is 8.21. The van der Waals surface area contributed by atoms with Gasteiger partial charge in [-0.15, -0.1) is 0 Å². The fourth-order valence-corrected chi connectivity index (χ4v) is 1.18. The monoisotopic (exact) mass is 166 g/mol. The molecule has 0 saturated carbocycles. The number of nitrogens with two attached hydrogens (primary N) is 1. The molecule has 0 fully saturated rings. The Morgan fingerprint density at radius 2 is 2.42 bits per heavy atom.